The molecule has 3 aromatic carbocycles. The molecule has 0 spiro atoms. The maximum atomic E-state index is 12.6. The number of ether oxygens (including phenoxy) is 1. The molecule has 2 N–H and O–H groups in total. The molecule has 1 heterocycles. The van der Waals surface area contributed by atoms with E-state index in [4.69, 9.17) is 4.74 Å². The molecule has 1 aromatic heterocycles. The molecule has 30 heavy (non-hydrogen) atoms. The van der Waals surface area contributed by atoms with E-state index in [2.05, 4.69) is 15.3 Å². The summed E-state index contributed by atoms with van der Waals surface area (Å²) in [5.41, 5.74) is 4.46. The van der Waals surface area contributed by atoms with Gasteiger partial charge in [-0.25, -0.2) is 9.78 Å². The molecule has 4 rings (SSSR count). The molecule has 1 atom stereocenters. The average Bonchev–Trinajstić information content (AvgIpc) is 3.17. The summed E-state index contributed by atoms with van der Waals surface area (Å²) in [6.07, 6.45) is -0.935. The summed E-state index contributed by atoms with van der Waals surface area (Å²) >= 11 is 0. The summed E-state index contributed by atoms with van der Waals surface area (Å²) in [5.74, 6) is -0.232. The average molecular weight is 399 g/mol. The zero-order valence-corrected chi connectivity index (χ0v) is 16.7. The fraction of sp³-hybridized carbons (Fsp3) is 0.125. The zero-order chi connectivity index (χ0) is 21.1. The van der Waals surface area contributed by atoms with Gasteiger partial charge in [0.25, 0.3) is 5.91 Å². The predicted molar refractivity (Wildman–Crippen MR) is 116 cm³/mol. The highest BCUT2D eigenvalue weighted by molar-refractivity contribution is 5.98. The van der Waals surface area contributed by atoms with Gasteiger partial charge < -0.3 is 15.0 Å². The number of H-pyrrole nitrogens is 1. The summed E-state index contributed by atoms with van der Waals surface area (Å²) in [6, 6.07) is 22.3. The number of imidazole rings is 1. The summed E-state index contributed by atoms with van der Waals surface area (Å²) in [5, 5.41) is 2.76. The molecule has 0 aliphatic carbocycles. The van der Waals surface area contributed by atoms with Crippen molar-refractivity contribution in [3.05, 3.63) is 83.9 Å². The van der Waals surface area contributed by atoms with E-state index in [9.17, 15) is 9.59 Å². The van der Waals surface area contributed by atoms with Crippen molar-refractivity contribution < 1.29 is 14.3 Å². The summed E-state index contributed by atoms with van der Waals surface area (Å²) in [4.78, 5) is 32.7. The molecule has 1 unspecified atom stereocenters. The second-order valence-corrected chi connectivity index (χ2v) is 7.09. The fourth-order valence-corrected chi connectivity index (χ4v) is 3.12. The van der Waals surface area contributed by atoms with Crippen LogP contribution in [-0.2, 0) is 9.53 Å². The fourth-order valence-electron chi connectivity index (χ4n) is 3.12. The number of hydrogen-bond donors (Lipinski definition) is 2. The van der Waals surface area contributed by atoms with E-state index in [0.29, 0.717) is 11.3 Å². The summed E-state index contributed by atoms with van der Waals surface area (Å²) in [7, 11) is 0. The van der Waals surface area contributed by atoms with Crippen molar-refractivity contribution in [1.29, 1.82) is 0 Å². The summed E-state index contributed by atoms with van der Waals surface area (Å²) in [6.45, 7) is 3.49. The lowest BCUT2D eigenvalue weighted by molar-refractivity contribution is -0.123. The number of amides is 1. The molecule has 6 nitrogen and oxygen atoms in total. The van der Waals surface area contributed by atoms with Crippen LogP contribution >= 0.6 is 0 Å². The largest absolute Gasteiger partial charge is 0.449 e. The minimum Gasteiger partial charge on any atom is -0.449 e. The molecule has 0 aliphatic rings. The van der Waals surface area contributed by atoms with Gasteiger partial charge in [-0.2, -0.15) is 0 Å². The standard InChI is InChI=1S/C24H21N3O3/c1-15-7-6-10-19(13-15)25-23(28)16(2)30-24(29)18-11-12-20-21(14-18)27-22(26-20)17-8-4-3-5-9-17/h3-14,16H,1-2H3,(H,25,28)(H,26,27). The van der Waals surface area contributed by atoms with Crippen molar-refractivity contribution >= 4 is 28.6 Å². The summed E-state index contributed by atoms with van der Waals surface area (Å²) < 4.78 is 5.36. The normalized spacial score (nSPS) is 11.8. The second-order valence-electron chi connectivity index (χ2n) is 7.09. The zero-order valence-electron chi connectivity index (χ0n) is 16.7. The number of aromatic nitrogens is 2. The van der Waals surface area contributed by atoms with Crippen LogP contribution in [0.2, 0.25) is 0 Å². The lowest BCUT2D eigenvalue weighted by atomic mass is 10.2. The van der Waals surface area contributed by atoms with Crippen LogP contribution in [0.4, 0.5) is 5.69 Å². The molecule has 0 bridgehead atoms. The third kappa shape index (κ3) is 4.22. The van der Waals surface area contributed by atoms with E-state index in [1.165, 1.54) is 0 Å². The van der Waals surface area contributed by atoms with Crippen molar-refractivity contribution in [3.63, 3.8) is 0 Å². The van der Waals surface area contributed by atoms with Crippen LogP contribution in [0.15, 0.2) is 72.8 Å². The lowest BCUT2D eigenvalue weighted by Crippen LogP contribution is -2.30. The Morgan fingerprint density at radius 2 is 1.80 bits per heavy atom. The highest BCUT2D eigenvalue weighted by atomic mass is 16.5. The van der Waals surface area contributed by atoms with Crippen LogP contribution in [0.25, 0.3) is 22.4 Å². The second kappa shape index (κ2) is 8.21. The first-order valence-corrected chi connectivity index (χ1v) is 9.63. The van der Waals surface area contributed by atoms with Gasteiger partial charge in [0.15, 0.2) is 6.10 Å². The van der Waals surface area contributed by atoms with E-state index in [1.807, 2.05) is 55.5 Å². The van der Waals surface area contributed by atoms with Gasteiger partial charge >= 0.3 is 5.97 Å². The number of hydrogen-bond acceptors (Lipinski definition) is 4. The van der Waals surface area contributed by atoms with Gasteiger partial charge in [0.2, 0.25) is 0 Å². The number of carbonyl (C=O) groups excluding carboxylic acids is 2. The van der Waals surface area contributed by atoms with Crippen molar-refractivity contribution in [1.82, 2.24) is 9.97 Å². The van der Waals surface area contributed by atoms with E-state index in [1.54, 1.807) is 31.2 Å². The molecular weight excluding hydrogens is 378 g/mol. The molecule has 6 heteroatoms. The predicted octanol–water partition coefficient (Wildman–Crippen LogP) is 4.72. The Morgan fingerprint density at radius 1 is 1.00 bits per heavy atom. The molecule has 0 saturated heterocycles. The van der Waals surface area contributed by atoms with Gasteiger partial charge in [0.05, 0.1) is 16.6 Å². The Labute approximate surface area is 173 Å². The first kappa shape index (κ1) is 19.4. The Morgan fingerprint density at radius 3 is 2.57 bits per heavy atom. The minimum absolute atomic E-state index is 0.348. The first-order valence-electron chi connectivity index (χ1n) is 9.63. The Bertz CT molecular complexity index is 1210. The molecular formula is C24H21N3O3. The number of fused-ring (bicyclic) bond motifs is 1. The monoisotopic (exact) mass is 399 g/mol. The third-order valence-electron chi connectivity index (χ3n) is 4.70. The van der Waals surface area contributed by atoms with Gasteiger partial charge in [-0.15, -0.1) is 0 Å². The molecule has 0 aliphatic heterocycles. The van der Waals surface area contributed by atoms with Crippen LogP contribution in [0.3, 0.4) is 0 Å². The van der Waals surface area contributed by atoms with Crippen molar-refractivity contribution in [3.8, 4) is 11.4 Å². The minimum atomic E-state index is -0.935. The van der Waals surface area contributed by atoms with Crippen molar-refractivity contribution in [2.24, 2.45) is 0 Å². The quantitative estimate of drug-likeness (QED) is 0.476. The highest BCUT2D eigenvalue weighted by Crippen LogP contribution is 2.21. The Kier molecular flexibility index (Phi) is 5.30. The van der Waals surface area contributed by atoms with E-state index in [0.717, 1.165) is 28.0 Å². The van der Waals surface area contributed by atoms with Gasteiger partial charge in [-0.05, 0) is 49.7 Å². The molecule has 1 amide bonds. The lowest BCUT2D eigenvalue weighted by Gasteiger charge is -2.14. The number of aryl methyl sites for hydroxylation is 1. The number of benzene rings is 3. The van der Waals surface area contributed by atoms with Crippen LogP contribution in [0.5, 0.6) is 0 Å². The molecule has 0 saturated carbocycles. The van der Waals surface area contributed by atoms with E-state index < -0.39 is 12.1 Å². The number of esters is 1. The third-order valence-corrected chi connectivity index (χ3v) is 4.70. The van der Waals surface area contributed by atoms with Gasteiger partial charge in [0, 0.05) is 11.3 Å². The van der Waals surface area contributed by atoms with Crippen LogP contribution in [-0.4, -0.2) is 27.9 Å². The molecule has 150 valence electrons. The van der Waals surface area contributed by atoms with Crippen molar-refractivity contribution in [2.75, 3.05) is 5.32 Å². The van der Waals surface area contributed by atoms with Crippen molar-refractivity contribution in [2.45, 2.75) is 20.0 Å². The molecule has 0 radical (unpaired) electrons. The highest BCUT2D eigenvalue weighted by Gasteiger charge is 2.20. The van der Waals surface area contributed by atoms with Gasteiger partial charge in [-0.1, -0.05) is 42.5 Å². The van der Waals surface area contributed by atoms with E-state index >= 15 is 0 Å². The maximum Gasteiger partial charge on any atom is 0.338 e. The van der Waals surface area contributed by atoms with Gasteiger partial charge in [-0.3, -0.25) is 4.79 Å². The molecule has 4 aromatic rings. The SMILES string of the molecule is Cc1cccc(NC(=O)C(C)OC(=O)c2ccc3nc(-c4ccccc4)[nH]c3c2)c1. The van der Waals surface area contributed by atoms with Crippen LogP contribution in [0.1, 0.15) is 22.8 Å². The molecule has 0 fully saturated rings. The number of rotatable bonds is 5. The number of nitrogens with zero attached hydrogens (tertiary/aromatic N) is 1. The number of carbonyl (C=O) groups is 2. The first-order chi connectivity index (χ1) is 14.5. The smallest absolute Gasteiger partial charge is 0.338 e. The Balaban J connectivity index is 1.46. The van der Waals surface area contributed by atoms with E-state index in [-0.39, 0.29) is 5.91 Å². The number of aromatic amines is 1. The maximum absolute atomic E-state index is 12.6. The topological polar surface area (TPSA) is 84.1 Å². The van der Waals surface area contributed by atoms with Crippen LogP contribution in [0, 0.1) is 6.92 Å². The van der Waals surface area contributed by atoms with Gasteiger partial charge in [0.1, 0.15) is 5.82 Å². The van der Waals surface area contributed by atoms with Crippen LogP contribution < -0.4 is 5.32 Å². The number of anilines is 1. The Hall–Kier alpha value is -3.93. The number of nitrogens with one attached hydrogen (secondary N) is 2.